The molecule has 8 heteroatoms. The summed E-state index contributed by atoms with van der Waals surface area (Å²) in [4.78, 5) is 20.1. The van der Waals surface area contributed by atoms with Gasteiger partial charge < -0.3 is 14.8 Å². The van der Waals surface area contributed by atoms with E-state index in [9.17, 15) is 9.90 Å². The molecule has 0 atom stereocenters. The van der Waals surface area contributed by atoms with Crippen molar-refractivity contribution in [2.24, 2.45) is 5.10 Å². The molecule has 4 aromatic rings. The van der Waals surface area contributed by atoms with Crippen LogP contribution in [0.15, 0.2) is 57.1 Å². The van der Waals surface area contributed by atoms with Crippen molar-refractivity contribution in [1.29, 1.82) is 0 Å². The standard InChI is InChI=1S/C18H13BrN4O3/c1-26-12-3-4-14-13(7-12)16-17(22-14)18(25)23(9-20-16)21-8-10-6-11(19)2-5-15(10)24/h2-9,22,24H,1H3/b21-8-. The van der Waals surface area contributed by atoms with E-state index >= 15 is 0 Å². The zero-order chi connectivity index (χ0) is 18.3. The Morgan fingerprint density at radius 1 is 1.31 bits per heavy atom. The van der Waals surface area contributed by atoms with Crippen LogP contribution in [0.2, 0.25) is 0 Å². The van der Waals surface area contributed by atoms with Gasteiger partial charge in [-0.05, 0) is 36.4 Å². The number of benzene rings is 2. The van der Waals surface area contributed by atoms with Crippen LogP contribution in [0.25, 0.3) is 21.9 Å². The Morgan fingerprint density at radius 2 is 2.15 bits per heavy atom. The number of hydrogen-bond donors (Lipinski definition) is 2. The van der Waals surface area contributed by atoms with Gasteiger partial charge in [0.15, 0.2) is 0 Å². The highest BCUT2D eigenvalue weighted by atomic mass is 79.9. The van der Waals surface area contributed by atoms with Crippen molar-refractivity contribution in [2.75, 3.05) is 7.11 Å². The lowest BCUT2D eigenvalue weighted by Gasteiger charge is -2.01. The molecular weight excluding hydrogens is 400 g/mol. The van der Waals surface area contributed by atoms with E-state index in [1.54, 1.807) is 25.3 Å². The number of phenols is 1. The number of hydrogen-bond acceptors (Lipinski definition) is 5. The maximum Gasteiger partial charge on any atom is 0.298 e. The molecule has 0 aliphatic heterocycles. The van der Waals surface area contributed by atoms with E-state index < -0.39 is 0 Å². The Bertz CT molecular complexity index is 1230. The molecular formula is C18H13BrN4O3. The molecule has 0 unspecified atom stereocenters. The average molecular weight is 413 g/mol. The SMILES string of the molecule is COc1ccc2[nH]c3c(=O)n(/N=C\c4cc(Br)ccc4O)cnc3c2c1. The molecule has 7 nitrogen and oxygen atoms in total. The van der Waals surface area contributed by atoms with Gasteiger partial charge in [-0.25, -0.2) is 4.98 Å². The van der Waals surface area contributed by atoms with Crippen molar-refractivity contribution in [1.82, 2.24) is 14.6 Å². The van der Waals surface area contributed by atoms with Gasteiger partial charge in [-0.3, -0.25) is 4.79 Å². The van der Waals surface area contributed by atoms with Gasteiger partial charge in [0.25, 0.3) is 5.56 Å². The van der Waals surface area contributed by atoms with Gasteiger partial charge in [0.2, 0.25) is 0 Å². The van der Waals surface area contributed by atoms with Crippen molar-refractivity contribution in [2.45, 2.75) is 0 Å². The Hall–Kier alpha value is -3.13. The molecule has 4 rings (SSSR count). The maximum atomic E-state index is 12.7. The fourth-order valence-corrected chi connectivity index (χ4v) is 3.07. The largest absolute Gasteiger partial charge is 0.507 e. The summed E-state index contributed by atoms with van der Waals surface area (Å²) in [5, 5.41) is 14.8. The number of phenolic OH excluding ortho intramolecular Hbond substituents is 1. The molecule has 0 bridgehead atoms. The number of nitrogens with zero attached hydrogens (tertiary/aromatic N) is 3. The van der Waals surface area contributed by atoms with Crippen LogP contribution in [0.4, 0.5) is 0 Å². The topological polar surface area (TPSA) is 92.5 Å². The Labute approximate surface area is 155 Å². The molecule has 26 heavy (non-hydrogen) atoms. The number of H-pyrrole nitrogens is 1. The van der Waals surface area contributed by atoms with Crippen LogP contribution in [0.3, 0.4) is 0 Å². The molecule has 0 saturated carbocycles. The monoisotopic (exact) mass is 412 g/mol. The summed E-state index contributed by atoms with van der Waals surface area (Å²) < 4.78 is 7.14. The number of halogens is 1. The highest BCUT2D eigenvalue weighted by Crippen LogP contribution is 2.25. The number of aromatic nitrogens is 3. The fourth-order valence-electron chi connectivity index (χ4n) is 2.69. The lowest BCUT2D eigenvalue weighted by molar-refractivity contribution is 0.415. The third-order valence-corrected chi connectivity index (χ3v) is 4.50. The molecule has 0 saturated heterocycles. The lowest BCUT2D eigenvalue weighted by atomic mass is 10.2. The van der Waals surface area contributed by atoms with Gasteiger partial charge in [-0.15, -0.1) is 0 Å². The summed E-state index contributed by atoms with van der Waals surface area (Å²) in [7, 11) is 1.59. The lowest BCUT2D eigenvalue weighted by Crippen LogP contribution is -2.17. The summed E-state index contributed by atoms with van der Waals surface area (Å²) in [6.45, 7) is 0. The van der Waals surface area contributed by atoms with Crippen molar-refractivity contribution < 1.29 is 9.84 Å². The van der Waals surface area contributed by atoms with Gasteiger partial charge in [-0.1, -0.05) is 15.9 Å². The molecule has 2 N–H and O–H groups in total. The molecule has 2 aromatic carbocycles. The van der Waals surface area contributed by atoms with E-state index in [1.807, 2.05) is 18.2 Å². The first-order valence-corrected chi connectivity index (χ1v) is 8.46. The summed E-state index contributed by atoms with van der Waals surface area (Å²) in [5.41, 5.74) is 1.84. The van der Waals surface area contributed by atoms with E-state index in [1.165, 1.54) is 12.5 Å². The molecule has 0 radical (unpaired) electrons. The van der Waals surface area contributed by atoms with E-state index in [0.717, 1.165) is 20.1 Å². The normalized spacial score (nSPS) is 11.6. The molecule has 0 aliphatic rings. The van der Waals surface area contributed by atoms with Gasteiger partial charge >= 0.3 is 0 Å². The smallest absolute Gasteiger partial charge is 0.298 e. The van der Waals surface area contributed by atoms with Crippen LogP contribution in [0.5, 0.6) is 11.5 Å². The molecule has 2 aromatic heterocycles. The molecule has 0 fully saturated rings. The molecule has 130 valence electrons. The van der Waals surface area contributed by atoms with Crippen molar-refractivity contribution in [3.8, 4) is 11.5 Å². The summed E-state index contributed by atoms with van der Waals surface area (Å²) in [5.74, 6) is 0.754. The number of aromatic hydroxyl groups is 1. The Balaban J connectivity index is 1.83. The summed E-state index contributed by atoms with van der Waals surface area (Å²) in [6.07, 6.45) is 2.75. The van der Waals surface area contributed by atoms with Gasteiger partial charge in [0.05, 0.1) is 13.3 Å². The predicted molar refractivity (Wildman–Crippen MR) is 103 cm³/mol. The third kappa shape index (κ3) is 2.74. The third-order valence-electron chi connectivity index (χ3n) is 4.01. The summed E-state index contributed by atoms with van der Waals surface area (Å²) in [6, 6.07) is 10.4. The highest BCUT2D eigenvalue weighted by molar-refractivity contribution is 9.10. The number of aromatic amines is 1. The van der Waals surface area contributed by atoms with E-state index in [0.29, 0.717) is 22.3 Å². The van der Waals surface area contributed by atoms with Crippen molar-refractivity contribution in [3.63, 3.8) is 0 Å². The van der Waals surface area contributed by atoms with Crippen LogP contribution in [-0.2, 0) is 0 Å². The van der Waals surface area contributed by atoms with Gasteiger partial charge in [0.1, 0.15) is 28.9 Å². The van der Waals surface area contributed by atoms with Gasteiger partial charge in [-0.2, -0.15) is 9.78 Å². The second-order valence-corrected chi connectivity index (χ2v) is 6.52. The average Bonchev–Trinajstić information content (AvgIpc) is 3.02. The fraction of sp³-hybridized carbons (Fsp3) is 0.0556. The summed E-state index contributed by atoms with van der Waals surface area (Å²) >= 11 is 3.33. The number of methoxy groups -OCH3 is 1. The van der Waals surface area contributed by atoms with Crippen LogP contribution in [-0.4, -0.2) is 33.1 Å². The molecule has 0 spiro atoms. The van der Waals surface area contributed by atoms with Crippen LogP contribution < -0.4 is 10.3 Å². The Morgan fingerprint density at radius 3 is 2.96 bits per heavy atom. The zero-order valence-electron chi connectivity index (χ0n) is 13.6. The van der Waals surface area contributed by atoms with Crippen molar-refractivity contribution in [3.05, 3.63) is 63.1 Å². The number of rotatable bonds is 3. The molecule has 0 amide bonds. The first kappa shape index (κ1) is 16.3. The van der Waals surface area contributed by atoms with E-state index in [4.69, 9.17) is 4.74 Å². The predicted octanol–water partition coefficient (Wildman–Crippen LogP) is 3.24. The minimum absolute atomic E-state index is 0.0664. The first-order valence-electron chi connectivity index (χ1n) is 7.67. The zero-order valence-corrected chi connectivity index (χ0v) is 15.2. The molecule has 0 aliphatic carbocycles. The minimum Gasteiger partial charge on any atom is -0.507 e. The second kappa shape index (κ2) is 6.30. The van der Waals surface area contributed by atoms with Crippen LogP contribution in [0.1, 0.15) is 5.56 Å². The molecule has 2 heterocycles. The minimum atomic E-state index is -0.337. The second-order valence-electron chi connectivity index (χ2n) is 5.60. The van der Waals surface area contributed by atoms with Crippen LogP contribution >= 0.6 is 15.9 Å². The van der Waals surface area contributed by atoms with E-state index in [-0.39, 0.29) is 11.3 Å². The van der Waals surface area contributed by atoms with Gasteiger partial charge in [0, 0.05) is 20.9 Å². The quantitative estimate of drug-likeness (QED) is 0.505. The van der Waals surface area contributed by atoms with Crippen molar-refractivity contribution >= 4 is 44.1 Å². The van der Waals surface area contributed by atoms with Crippen LogP contribution in [0, 0.1) is 0 Å². The highest BCUT2D eigenvalue weighted by Gasteiger charge is 2.11. The first-order chi connectivity index (χ1) is 12.6. The maximum absolute atomic E-state index is 12.7. The van der Waals surface area contributed by atoms with E-state index in [2.05, 4.69) is 31.0 Å². The number of nitrogens with one attached hydrogen (secondary N) is 1. The Kier molecular flexibility index (Phi) is 3.96. The number of ether oxygens (including phenoxy) is 1. The number of fused-ring (bicyclic) bond motifs is 3.